The molecule has 1 saturated heterocycles. The summed E-state index contributed by atoms with van der Waals surface area (Å²) in [6.45, 7) is 1.23. The molecule has 1 amide bonds. The number of hydrogen-bond donors (Lipinski definition) is 1. The van der Waals surface area contributed by atoms with E-state index < -0.39 is 0 Å². The first-order valence-electron chi connectivity index (χ1n) is 7.00. The lowest BCUT2D eigenvalue weighted by Crippen LogP contribution is -2.40. The van der Waals surface area contributed by atoms with Crippen molar-refractivity contribution in [2.45, 2.75) is 12.5 Å². The molecule has 0 aliphatic carbocycles. The maximum absolute atomic E-state index is 12.2. The van der Waals surface area contributed by atoms with E-state index in [1.165, 1.54) is 5.56 Å². The van der Waals surface area contributed by atoms with Gasteiger partial charge in [0.25, 0.3) is 5.91 Å². The number of nitrogens with one attached hydrogen (secondary N) is 1. The summed E-state index contributed by atoms with van der Waals surface area (Å²) in [5, 5.41) is 3.06. The fourth-order valence-corrected chi connectivity index (χ4v) is 2.54. The van der Waals surface area contributed by atoms with Crippen LogP contribution in [-0.2, 0) is 11.2 Å². The highest BCUT2D eigenvalue weighted by Gasteiger charge is 2.29. The predicted molar refractivity (Wildman–Crippen MR) is 77.7 cm³/mol. The second-order valence-electron chi connectivity index (χ2n) is 5.17. The Kier molecular flexibility index (Phi) is 4.21. The van der Waals surface area contributed by atoms with Crippen LogP contribution in [0.15, 0.2) is 49.1 Å². The van der Waals surface area contributed by atoms with Crippen LogP contribution in [0.3, 0.4) is 0 Å². The predicted octanol–water partition coefficient (Wildman–Crippen LogP) is 1.46. The Labute approximate surface area is 123 Å². The van der Waals surface area contributed by atoms with Gasteiger partial charge in [-0.05, 0) is 36.2 Å². The molecule has 1 aliphatic rings. The number of pyridine rings is 2. The van der Waals surface area contributed by atoms with E-state index in [0.717, 1.165) is 6.42 Å². The SMILES string of the molecule is O=C(N[C@H]1COC[C@H]1Cc1ccncc1)c1ccncc1. The molecule has 2 aromatic heterocycles. The Morgan fingerprint density at radius 2 is 1.76 bits per heavy atom. The third-order valence-corrected chi connectivity index (χ3v) is 3.70. The van der Waals surface area contributed by atoms with E-state index in [0.29, 0.717) is 18.8 Å². The van der Waals surface area contributed by atoms with Gasteiger partial charge in [-0.1, -0.05) is 0 Å². The monoisotopic (exact) mass is 283 g/mol. The molecule has 0 aromatic carbocycles. The molecule has 0 spiro atoms. The Hall–Kier alpha value is -2.27. The standard InChI is InChI=1S/C16H17N3O2/c20-16(13-3-7-18-8-4-13)19-15-11-21-10-14(15)9-12-1-5-17-6-2-12/h1-8,14-15H,9-11H2,(H,19,20)/t14-,15+/m1/s1. The molecule has 108 valence electrons. The van der Waals surface area contributed by atoms with Gasteiger partial charge in [-0.25, -0.2) is 0 Å². The molecule has 3 rings (SSSR count). The van der Waals surface area contributed by atoms with Crippen molar-refractivity contribution in [1.29, 1.82) is 0 Å². The molecule has 1 fully saturated rings. The zero-order chi connectivity index (χ0) is 14.5. The number of aromatic nitrogens is 2. The zero-order valence-electron chi connectivity index (χ0n) is 11.6. The summed E-state index contributed by atoms with van der Waals surface area (Å²) in [5.74, 6) is 0.214. The lowest BCUT2D eigenvalue weighted by atomic mass is 9.95. The van der Waals surface area contributed by atoms with Crippen molar-refractivity contribution in [3.8, 4) is 0 Å². The highest BCUT2D eigenvalue weighted by Crippen LogP contribution is 2.19. The van der Waals surface area contributed by atoms with E-state index in [1.807, 2.05) is 12.1 Å². The molecule has 3 heterocycles. The molecule has 0 saturated carbocycles. The van der Waals surface area contributed by atoms with E-state index in [4.69, 9.17) is 4.74 Å². The summed E-state index contributed by atoms with van der Waals surface area (Å²) in [6.07, 6.45) is 7.69. The summed E-state index contributed by atoms with van der Waals surface area (Å²) in [6, 6.07) is 7.46. The van der Waals surface area contributed by atoms with Crippen LogP contribution in [0.2, 0.25) is 0 Å². The quantitative estimate of drug-likeness (QED) is 0.922. The maximum Gasteiger partial charge on any atom is 0.251 e. The number of nitrogens with zero attached hydrogens (tertiary/aromatic N) is 2. The first-order valence-corrected chi connectivity index (χ1v) is 7.00. The van der Waals surface area contributed by atoms with Crippen LogP contribution >= 0.6 is 0 Å². The van der Waals surface area contributed by atoms with Gasteiger partial charge in [0.1, 0.15) is 0 Å². The number of amides is 1. The lowest BCUT2D eigenvalue weighted by molar-refractivity contribution is 0.0925. The van der Waals surface area contributed by atoms with E-state index in [9.17, 15) is 4.79 Å². The molecule has 1 N–H and O–H groups in total. The van der Waals surface area contributed by atoms with Crippen LogP contribution in [0.25, 0.3) is 0 Å². The number of carbonyl (C=O) groups is 1. The van der Waals surface area contributed by atoms with Gasteiger partial charge in [0.05, 0.1) is 19.3 Å². The normalized spacial score (nSPS) is 21.1. The van der Waals surface area contributed by atoms with Crippen LogP contribution in [0.4, 0.5) is 0 Å². The lowest BCUT2D eigenvalue weighted by Gasteiger charge is -2.19. The van der Waals surface area contributed by atoms with E-state index in [-0.39, 0.29) is 17.9 Å². The van der Waals surface area contributed by atoms with Gasteiger partial charge in [-0.2, -0.15) is 0 Å². The smallest absolute Gasteiger partial charge is 0.251 e. The average molecular weight is 283 g/mol. The molecular weight excluding hydrogens is 266 g/mol. The van der Waals surface area contributed by atoms with Gasteiger partial charge in [0.2, 0.25) is 0 Å². The third-order valence-electron chi connectivity index (χ3n) is 3.70. The molecule has 2 aromatic rings. The Morgan fingerprint density at radius 1 is 1.10 bits per heavy atom. The molecule has 0 radical (unpaired) electrons. The highest BCUT2D eigenvalue weighted by atomic mass is 16.5. The summed E-state index contributed by atoms with van der Waals surface area (Å²) >= 11 is 0. The highest BCUT2D eigenvalue weighted by molar-refractivity contribution is 5.94. The van der Waals surface area contributed by atoms with E-state index in [2.05, 4.69) is 15.3 Å². The number of rotatable bonds is 4. The summed E-state index contributed by atoms with van der Waals surface area (Å²) in [4.78, 5) is 20.1. The summed E-state index contributed by atoms with van der Waals surface area (Å²) in [5.41, 5.74) is 1.84. The van der Waals surface area contributed by atoms with Crippen molar-refractivity contribution in [2.75, 3.05) is 13.2 Å². The van der Waals surface area contributed by atoms with Crippen molar-refractivity contribution >= 4 is 5.91 Å². The van der Waals surface area contributed by atoms with Gasteiger partial charge in [0, 0.05) is 36.3 Å². The van der Waals surface area contributed by atoms with Crippen LogP contribution in [0.5, 0.6) is 0 Å². The molecule has 5 nitrogen and oxygen atoms in total. The Morgan fingerprint density at radius 3 is 2.48 bits per heavy atom. The minimum Gasteiger partial charge on any atom is -0.379 e. The van der Waals surface area contributed by atoms with Crippen LogP contribution in [0.1, 0.15) is 15.9 Å². The van der Waals surface area contributed by atoms with E-state index in [1.54, 1.807) is 36.9 Å². The van der Waals surface area contributed by atoms with Gasteiger partial charge < -0.3 is 10.1 Å². The molecular formula is C16H17N3O2. The van der Waals surface area contributed by atoms with Gasteiger partial charge in [-0.15, -0.1) is 0 Å². The van der Waals surface area contributed by atoms with Crippen LogP contribution in [0, 0.1) is 5.92 Å². The summed E-state index contributed by atoms with van der Waals surface area (Å²) in [7, 11) is 0. The van der Waals surface area contributed by atoms with Crippen molar-refractivity contribution < 1.29 is 9.53 Å². The van der Waals surface area contributed by atoms with Crippen molar-refractivity contribution in [1.82, 2.24) is 15.3 Å². The largest absolute Gasteiger partial charge is 0.379 e. The maximum atomic E-state index is 12.2. The van der Waals surface area contributed by atoms with Crippen molar-refractivity contribution in [2.24, 2.45) is 5.92 Å². The second kappa shape index (κ2) is 6.45. The van der Waals surface area contributed by atoms with Crippen LogP contribution < -0.4 is 5.32 Å². The van der Waals surface area contributed by atoms with E-state index >= 15 is 0 Å². The van der Waals surface area contributed by atoms with Gasteiger partial charge in [-0.3, -0.25) is 14.8 Å². The molecule has 0 unspecified atom stereocenters. The Balaban J connectivity index is 1.63. The first-order chi connectivity index (χ1) is 10.3. The van der Waals surface area contributed by atoms with Crippen LogP contribution in [-0.4, -0.2) is 35.1 Å². The number of ether oxygens (including phenoxy) is 1. The topological polar surface area (TPSA) is 64.1 Å². The Bertz CT molecular complexity index is 589. The second-order valence-corrected chi connectivity index (χ2v) is 5.17. The first kappa shape index (κ1) is 13.7. The number of hydrogen-bond acceptors (Lipinski definition) is 4. The summed E-state index contributed by atoms with van der Waals surface area (Å²) < 4.78 is 5.54. The minimum absolute atomic E-state index is 0.0406. The molecule has 1 aliphatic heterocycles. The molecule has 21 heavy (non-hydrogen) atoms. The minimum atomic E-state index is -0.0763. The fourth-order valence-electron chi connectivity index (χ4n) is 2.54. The van der Waals surface area contributed by atoms with Gasteiger partial charge >= 0.3 is 0 Å². The van der Waals surface area contributed by atoms with Crippen molar-refractivity contribution in [3.05, 3.63) is 60.2 Å². The average Bonchev–Trinajstić information content (AvgIpc) is 2.96. The molecule has 0 bridgehead atoms. The van der Waals surface area contributed by atoms with Crippen molar-refractivity contribution in [3.63, 3.8) is 0 Å². The molecule has 2 atom stereocenters. The zero-order valence-corrected chi connectivity index (χ0v) is 11.6. The van der Waals surface area contributed by atoms with Gasteiger partial charge in [0.15, 0.2) is 0 Å². The third kappa shape index (κ3) is 3.44. The fraction of sp³-hybridized carbons (Fsp3) is 0.312. The molecule has 5 heteroatoms. The number of carbonyl (C=O) groups excluding carboxylic acids is 1.